The lowest BCUT2D eigenvalue weighted by atomic mass is 9.86. The number of rotatable bonds is 4. The van der Waals surface area contributed by atoms with Crippen molar-refractivity contribution in [2.45, 2.75) is 38.3 Å². The number of thiazole rings is 1. The van der Waals surface area contributed by atoms with Crippen LogP contribution in [0.3, 0.4) is 0 Å². The van der Waals surface area contributed by atoms with E-state index in [2.05, 4.69) is 10.3 Å². The molecule has 16 heavy (non-hydrogen) atoms. The van der Waals surface area contributed by atoms with E-state index in [-0.39, 0.29) is 4.87 Å². The number of nitrogens with two attached hydrogens (primary N) is 1. The third-order valence-electron chi connectivity index (χ3n) is 3.14. The second-order valence-electron chi connectivity index (χ2n) is 4.60. The lowest BCUT2D eigenvalue weighted by Crippen LogP contribution is -2.33. The molecule has 5 heteroatoms. The topological polar surface area (TPSA) is 70.9 Å². The predicted octanol–water partition coefficient (Wildman–Crippen LogP) is 1.04. The lowest BCUT2D eigenvalue weighted by Gasteiger charge is -2.26. The summed E-state index contributed by atoms with van der Waals surface area (Å²) in [5.41, 5.74) is 6.92. The van der Waals surface area contributed by atoms with Crippen molar-refractivity contribution in [1.82, 2.24) is 10.3 Å². The minimum absolute atomic E-state index is 0.0245. The van der Waals surface area contributed by atoms with Crippen LogP contribution in [-0.2, 0) is 6.54 Å². The van der Waals surface area contributed by atoms with Gasteiger partial charge in [0, 0.05) is 23.7 Å². The zero-order valence-electron chi connectivity index (χ0n) is 9.37. The van der Waals surface area contributed by atoms with Gasteiger partial charge in [-0.1, -0.05) is 17.8 Å². The highest BCUT2D eigenvalue weighted by Crippen LogP contribution is 2.22. The largest absolute Gasteiger partial charge is 0.328 e. The molecule has 0 radical (unpaired) electrons. The molecule has 4 N–H and O–H groups in total. The number of H-pyrrole nitrogens is 1. The van der Waals surface area contributed by atoms with Crippen molar-refractivity contribution in [3.63, 3.8) is 0 Å². The van der Waals surface area contributed by atoms with E-state index in [0.717, 1.165) is 25.2 Å². The fraction of sp³-hybridized carbons (Fsp3) is 0.727. The van der Waals surface area contributed by atoms with E-state index < -0.39 is 0 Å². The van der Waals surface area contributed by atoms with Gasteiger partial charge < -0.3 is 16.0 Å². The molecule has 2 rings (SSSR count). The zero-order valence-corrected chi connectivity index (χ0v) is 10.2. The summed E-state index contributed by atoms with van der Waals surface area (Å²) in [4.78, 5) is 13.7. The fourth-order valence-corrected chi connectivity index (χ4v) is 2.91. The van der Waals surface area contributed by atoms with Gasteiger partial charge in [-0.3, -0.25) is 4.79 Å². The highest BCUT2D eigenvalue weighted by atomic mass is 32.1. The van der Waals surface area contributed by atoms with Gasteiger partial charge in [0.25, 0.3) is 0 Å². The van der Waals surface area contributed by atoms with Crippen molar-refractivity contribution in [1.29, 1.82) is 0 Å². The Labute approximate surface area is 99.3 Å². The Morgan fingerprint density at radius 3 is 3.12 bits per heavy atom. The quantitative estimate of drug-likeness (QED) is 0.737. The van der Waals surface area contributed by atoms with E-state index in [9.17, 15) is 4.79 Å². The Bertz CT molecular complexity index is 373. The summed E-state index contributed by atoms with van der Waals surface area (Å²) in [6, 6.07) is 0.390. The van der Waals surface area contributed by atoms with Gasteiger partial charge in [-0.15, -0.1) is 0 Å². The Hall–Kier alpha value is -0.650. The number of aromatic amines is 1. The Balaban J connectivity index is 1.69. The van der Waals surface area contributed by atoms with Gasteiger partial charge >= 0.3 is 4.87 Å². The fourth-order valence-electron chi connectivity index (χ4n) is 2.33. The highest BCUT2D eigenvalue weighted by Gasteiger charge is 2.18. The minimum atomic E-state index is 0.0245. The van der Waals surface area contributed by atoms with E-state index in [4.69, 9.17) is 5.73 Å². The van der Waals surface area contributed by atoms with Gasteiger partial charge in [0.1, 0.15) is 0 Å². The lowest BCUT2D eigenvalue weighted by molar-refractivity contribution is 0.310. The first-order valence-electron chi connectivity index (χ1n) is 5.87. The van der Waals surface area contributed by atoms with Crippen LogP contribution in [0.25, 0.3) is 0 Å². The maximum Gasteiger partial charge on any atom is 0.304 e. The third-order valence-corrected chi connectivity index (χ3v) is 3.86. The molecule has 4 nitrogen and oxygen atoms in total. The van der Waals surface area contributed by atoms with Crippen LogP contribution in [0.1, 0.15) is 31.4 Å². The maximum absolute atomic E-state index is 10.9. The maximum atomic E-state index is 10.9. The van der Waals surface area contributed by atoms with E-state index in [0.29, 0.717) is 12.0 Å². The van der Waals surface area contributed by atoms with Crippen LogP contribution in [0.4, 0.5) is 0 Å². The third kappa shape index (κ3) is 3.43. The molecule has 90 valence electrons. The first kappa shape index (κ1) is 11.8. The van der Waals surface area contributed by atoms with Gasteiger partial charge in [0.2, 0.25) is 0 Å². The van der Waals surface area contributed by atoms with Crippen LogP contribution in [0, 0.1) is 5.92 Å². The van der Waals surface area contributed by atoms with Gasteiger partial charge in [-0.05, 0) is 31.7 Å². The molecule has 0 saturated heterocycles. The van der Waals surface area contributed by atoms with Gasteiger partial charge in [0.15, 0.2) is 0 Å². The summed E-state index contributed by atoms with van der Waals surface area (Å²) < 4.78 is 0. The summed E-state index contributed by atoms with van der Waals surface area (Å²) in [6.45, 7) is 1.76. The van der Waals surface area contributed by atoms with Crippen LogP contribution in [0.5, 0.6) is 0 Å². The van der Waals surface area contributed by atoms with Crippen LogP contribution in [0.2, 0.25) is 0 Å². The Kier molecular flexibility index (Phi) is 4.15. The molecule has 2 unspecified atom stereocenters. The molecule has 1 aliphatic rings. The first-order chi connectivity index (χ1) is 7.74. The number of hydrogen-bond donors (Lipinski definition) is 3. The molecule has 0 bridgehead atoms. The van der Waals surface area contributed by atoms with Gasteiger partial charge in [-0.2, -0.15) is 0 Å². The molecule has 0 amide bonds. The van der Waals surface area contributed by atoms with Crippen LogP contribution in [-0.4, -0.2) is 17.6 Å². The monoisotopic (exact) mass is 241 g/mol. The van der Waals surface area contributed by atoms with Crippen LogP contribution >= 0.6 is 11.3 Å². The molecular weight excluding hydrogens is 222 g/mol. The molecule has 0 spiro atoms. The Morgan fingerprint density at radius 2 is 2.44 bits per heavy atom. The van der Waals surface area contributed by atoms with E-state index in [1.54, 1.807) is 0 Å². The molecule has 1 aromatic heterocycles. The number of nitrogens with one attached hydrogen (secondary N) is 2. The van der Waals surface area contributed by atoms with Crippen molar-refractivity contribution in [2.24, 2.45) is 11.7 Å². The summed E-state index contributed by atoms with van der Waals surface area (Å²) >= 11 is 1.22. The SMILES string of the molecule is NC1CCCC(CNCc2csc(=O)[nH]2)C1. The standard InChI is InChI=1S/C11H19N3OS/c12-9-3-1-2-8(4-9)5-13-6-10-7-16-11(15)14-10/h7-9,13H,1-6,12H2,(H,14,15). The second-order valence-corrected chi connectivity index (χ2v) is 5.44. The number of hydrogen-bond acceptors (Lipinski definition) is 4. The molecule has 2 atom stereocenters. The van der Waals surface area contributed by atoms with Crippen molar-refractivity contribution in [3.05, 3.63) is 20.7 Å². The second kappa shape index (κ2) is 5.61. The van der Waals surface area contributed by atoms with Crippen LogP contribution < -0.4 is 15.9 Å². The Morgan fingerprint density at radius 1 is 1.56 bits per heavy atom. The number of aromatic nitrogens is 1. The minimum Gasteiger partial charge on any atom is -0.328 e. The molecule has 0 aliphatic heterocycles. The van der Waals surface area contributed by atoms with E-state index in [1.807, 2.05) is 5.38 Å². The average Bonchev–Trinajstić information content (AvgIpc) is 2.64. The molecule has 1 fully saturated rings. The molecule has 1 aliphatic carbocycles. The van der Waals surface area contributed by atoms with Crippen LogP contribution in [0.15, 0.2) is 10.2 Å². The normalized spacial score (nSPS) is 25.8. The highest BCUT2D eigenvalue weighted by molar-refractivity contribution is 7.07. The van der Waals surface area contributed by atoms with Crippen molar-refractivity contribution in [3.8, 4) is 0 Å². The molecule has 0 aromatic carbocycles. The van der Waals surface area contributed by atoms with Crippen molar-refractivity contribution >= 4 is 11.3 Å². The molecular formula is C11H19N3OS. The zero-order chi connectivity index (χ0) is 11.4. The summed E-state index contributed by atoms with van der Waals surface area (Å²) in [5.74, 6) is 0.703. The van der Waals surface area contributed by atoms with E-state index >= 15 is 0 Å². The first-order valence-corrected chi connectivity index (χ1v) is 6.75. The van der Waals surface area contributed by atoms with Crippen molar-refractivity contribution in [2.75, 3.05) is 6.54 Å². The molecule has 1 aromatic rings. The summed E-state index contributed by atoms with van der Waals surface area (Å²) in [7, 11) is 0. The van der Waals surface area contributed by atoms with Gasteiger partial charge in [-0.25, -0.2) is 0 Å². The summed E-state index contributed by atoms with van der Waals surface area (Å²) in [6.07, 6.45) is 4.84. The van der Waals surface area contributed by atoms with Crippen molar-refractivity contribution < 1.29 is 0 Å². The van der Waals surface area contributed by atoms with E-state index in [1.165, 1.54) is 30.6 Å². The summed E-state index contributed by atoms with van der Waals surface area (Å²) in [5, 5.41) is 5.26. The average molecular weight is 241 g/mol. The smallest absolute Gasteiger partial charge is 0.304 e. The molecule has 1 saturated carbocycles. The molecule has 1 heterocycles. The van der Waals surface area contributed by atoms with Gasteiger partial charge in [0.05, 0.1) is 0 Å². The predicted molar refractivity (Wildman–Crippen MR) is 66.6 cm³/mol.